The van der Waals surface area contributed by atoms with Crippen LogP contribution in [0.15, 0.2) is 55.0 Å². The van der Waals surface area contributed by atoms with E-state index in [-0.39, 0.29) is 0 Å². The Kier molecular flexibility index (Phi) is 2.29. The molecule has 0 fully saturated rings. The second kappa shape index (κ2) is 4.13. The van der Waals surface area contributed by atoms with Gasteiger partial charge in [0, 0.05) is 35.9 Å². The Labute approximate surface area is 116 Å². The number of hydrogen-bond donors (Lipinski definition) is 2. The Morgan fingerprint density at radius 2 is 2.10 bits per heavy atom. The molecule has 4 aromatic rings. The summed E-state index contributed by atoms with van der Waals surface area (Å²) in [4.78, 5) is 7.74. The van der Waals surface area contributed by atoms with Crippen LogP contribution in [-0.2, 0) is 0 Å². The van der Waals surface area contributed by atoms with E-state index in [1.807, 2.05) is 31.6 Å². The van der Waals surface area contributed by atoms with Crippen molar-refractivity contribution in [2.45, 2.75) is 0 Å². The van der Waals surface area contributed by atoms with Gasteiger partial charge in [0.15, 0.2) is 0 Å². The number of fused-ring (bicyclic) bond motifs is 2. The van der Waals surface area contributed by atoms with Crippen molar-refractivity contribution in [2.75, 3.05) is 12.4 Å². The fraction of sp³-hybridized carbons (Fsp3) is 0.0625. The lowest BCUT2D eigenvalue weighted by atomic mass is 10.1. The first-order valence-corrected chi connectivity index (χ1v) is 6.58. The number of rotatable bonds is 2. The third-order valence-corrected chi connectivity index (χ3v) is 3.67. The highest BCUT2D eigenvalue weighted by molar-refractivity contribution is 5.94. The molecule has 4 rings (SSSR count). The van der Waals surface area contributed by atoms with Gasteiger partial charge in [-0.1, -0.05) is 12.1 Å². The fourth-order valence-electron chi connectivity index (χ4n) is 2.64. The summed E-state index contributed by atoms with van der Waals surface area (Å²) in [6.07, 6.45) is 5.97. The lowest BCUT2D eigenvalue weighted by molar-refractivity contribution is 1.19. The Morgan fingerprint density at radius 3 is 3.00 bits per heavy atom. The van der Waals surface area contributed by atoms with Crippen LogP contribution in [-0.4, -0.2) is 21.4 Å². The predicted octanol–water partition coefficient (Wildman–Crippen LogP) is 3.52. The van der Waals surface area contributed by atoms with E-state index in [1.165, 1.54) is 10.9 Å². The standard InChI is InChI=1S/C16H14N4/c1-17-11-5-6-16-19-9-15(20(16)10-11)13-3-2-4-14-12(13)7-8-18-14/h2-10,17-18H,1H3. The summed E-state index contributed by atoms with van der Waals surface area (Å²) in [5.74, 6) is 0. The van der Waals surface area contributed by atoms with Crippen molar-refractivity contribution < 1.29 is 0 Å². The zero-order valence-corrected chi connectivity index (χ0v) is 11.1. The van der Waals surface area contributed by atoms with Gasteiger partial charge in [-0.3, -0.25) is 4.40 Å². The van der Waals surface area contributed by atoms with Gasteiger partial charge in [-0.25, -0.2) is 4.98 Å². The summed E-state index contributed by atoms with van der Waals surface area (Å²) in [7, 11) is 1.92. The van der Waals surface area contributed by atoms with E-state index in [2.05, 4.69) is 50.1 Å². The van der Waals surface area contributed by atoms with Crippen molar-refractivity contribution in [1.29, 1.82) is 0 Å². The van der Waals surface area contributed by atoms with Crippen LogP contribution >= 0.6 is 0 Å². The van der Waals surface area contributed by atoms with Crippen LogP contribution in [0.3, 0.4) is 0 Å². The molecular weight excluding hydrogens is 248 g/mol. The summed E-state index contributed by atoms with van der Waals surface area (Å²) in [6, 6.07) is 12.4. The molecule has 0 aliphatic rings. The highest BCUT2D eigenvalue weighted by Gasteiger charge is 2.09. The molecule has 0 radical (unpaired) electrons. The molecule has 0 saturated carbocycles. The van der Waals surface area contributed by atoms with Gasteiger partial charge in [0.1, 0.15) is 5.65 Å². The molecule has 98 valence electrons. The van der Waals surface area contributed by atoms with Crippen LogP contribution in [0, 0.1) is 0 Å². The lowest BCUT2D eigenvalue weighted by Crippen LogP contribution is -1.93. The number of pyridine rings is 1. The highest BCUT2D eigenvalue weighted by atomic mass is 15.0. The average Bonchev–Trinajstić information content (AvgIpc) is 3.12. The minimum Gasteiger partial charge on any atom is -0.387 e. The summed E-state index contributed by atoms with van der Waals surface area (Å²) >= 11 is 0. The molecule has 4 heteroatoms. The van der Waals surface area contributed by atoms with E-state index < -0.39 is 0 Å². The number of imidazole rings is 1. The fourth-order valence-corrected chi connectivity index (χ4v) is 2.64. The minimum atomic E-state index is 0.950. The number of nitrogens with one attached hydrogen (secondary N) is 2. The molecule has 4 nitrogen and oxygen atoms in total. The van der Waals surface area contributed by atoms with Gasteiger partial charge < -0.3 is 10.3 Å². The topological polar surface area (TPSA) is 45.1 Å². The van der Waals surface area contributed by atoms with E-state index in [0.29, 0.717) is 0 Å². The molecule has 0 amide bonds. The number of benzene rings is 1. The summed E-state index contributed by atoms with van der Waals surface area (Å²) < 4.78 is 2.12. The first-order chi connectivity index (χ1) is 9.86. The van der Waals surface area contributed by atoms with E-state index in [0.717, 1.165) is 22.5 Å². The molecule has 2 N–H and O–H groups in total. The van der Waals surface area contributed by atoms with E-state index in [1.54, 1.807) is 0 Å². The first kappa shape index (κ1) is 11.1. The van der Waals surface area contributed by atoms with Gasteiger partial charge in [0.05, 0.1) is 17.6 Å². The van der Waals surface area contributed by atoms with E-state index in [9.17, 15) is 0 Å². The molecule has 0 spiro atoms. The van der Waals surface area contributed by atoms with E-state index in [4.69, 9.17) is 0 Å². The maximum absolute atomic E-state index is 4.49. The Hall–Kier alpha value is -2.75. The zero-order valence-electron chi connectivity index (χ0n) is 11.1. The Balaban J connectivity index is 2.04. The molecule has 1 aromatic carbocycles. The van der Waals surface area contributed by atoms with Gasteiger partial charge >= 0.3 is 0 Å². The SMILES string of the molecule is CNc1ccc2ncc(-c3cccc4[nH]ccc34)n2c1. The van der Waals surface area contributed by atoms with Gasteiger partial charge in [-0.2, -0.15) is 0 Å². The molecule has 0 aliphatic heterocycles. The number of nitrogens with zero attached hydrogens (tertiary/aromatic N) is 2. The predicted molar refractivity (Wildman–Crippen MR) is 82.0 cm³/mol. The number of anilines is 1. The van der Waals surface area contributed by atoms with Crippen molar-refractivity contribution in [3.05, 3.63) is 55.0 Å². The van der Waals surface area contributed by atoms with Crippen LogP contribution in [0.4, 0.5) is 5.69 Å². The largest absolute Gasteiger partial charge is 0.387 e. The van der Waals surface area contributed by atoms with Gasteiger partial charge in [0.25, 0.3) is 0 Å². The van der Waals surface area contributed by atoms with Gasteiger partial charge in [-0.15, -0.1) is 0 Å². The van der Waals surface area contributed by atoms with Crippen molar-refractivity contribution in [3.8, 4) is 11.3 Å². The van der Waals surface area contributed by atoms with E-state index >= 15 is 0 Å². The number of H-pyrrole nitrogens is 1. The molecule has 3 heterocycles. The summed E-state index contributed by atoms with van der Waals surface area (Å²) in [5, 5.41) is 4.38. The number of aromatic amines is 1. The maximum Gasteiger partial charge on any atom is 0.137 e. The molecule has 0 bridgehead atoms. The molecule has 0 unspecified atom stereocenters. The van der Waals surface area contributed by atoms with Crippen LogP contribution in [0.5, 0.6) is 0 Å². The minimum absolute atomic E-state index is 0.950. The summed E-state index contributed by atoms with van der Waals surface area (Å²) in [6.45, 7) is 0. The van der Waals surface area contributed by atoms with Gasteiger partial charge in [-0.05, 0) is 24.3 Å². The Morgan fingerprint density at radius 1 is 1.15 bits per heavy atom. The number of aromatic nitrogens is 3. The van der Waals surface area contributed by atoms with Crippen molar-refractivity contribution >= 4 is 22.2 Å². The first-order valence-electron chi connectivity index (χ1n) is 6.58. The van der Waals surface area contributed by atoms with Crippen molar-refractivity contribution in [3.63, 3.8) is 0 Å². The van der Waals surface area contributed by atoms with Crippen LogP contribution in [0.25, 0.3) is 27.8 Å². The molecule has 0 atom stereocenters. The molecule has 3 aromatic heterocycles. The maximum atomic E-state index is 4.49. The summed E-state index contributed by atoms with van der Waals surface area (Å²) in [5.41, 5.74) is 5.44. The van der Waals surface area contributed by atoms with Crippen LogP contribution in [0.1, 0.15) is 0 Å². The number of hydrogen-bond acceptors (Lipinski definition) is 2. The molecular formula is C16H14N4. The third kappa shape index (κ3) is 1.51. The highest BCUT2D eigenvalue weighted by Crippen LogP contribution is 2.29. The lowest BCUT2D eigenvalue weighted by Gasteiger charge is -2.06. The van der Waals surface area contributed by atoms with Crippen molar-refractivity contribution in [2.24, 2.45) is 0 Å². The monoisotopic (exact) mass is 262 g/mol. The molecule has 0 aliphatic carbocycles. The molecule has 0 saturated heterocycles. The van der Waals surface area contributed by atoms with Gasteiger partial charge in [0.2, 0.25) is 0 Å². The quantitative estimate of drug-likeness (QED) is 0.580. The second-order valence-electron chi connectivity index (χ2n) is 4.78. The van der Waals surface area contributed by atoms with Crippen LogP contribution < -0.4 is 5.32 Å². The Bertz CT molecular complexity index is 901. The molecule has 20 heavy (non-hydrogen) atoms. The van der Waals surface area contributed by atoms with Crippen LogP contribution in [0.2, 0.25) is 0 Å². The smallest absolute Gasteiger partial charge is 0.137 e. The third-order valence-electron chi connectivity index (χ3n) is 3.67. The normalized spacial score (nSPS) is 11.2. The average molecular weight is 262 g/mol. The zero-order chi connectivity index (χ0) is 13.5. The van der Waals surface area contributed by atoms with Crippen molar-refractivity contribution in [1.82, 2.24) is 14.4 Å². The second-order valence-corrected chi connectivity index (χ2v) is 4.78.